The highest BCUT2D eigenvalue weighted by atomic mass is 127. The third-order valence-electron chi connectivity index (χ3n) is 5.39. The Morgan fingerprint density at radius 3 is 2.37 bits per heavy atom. The molecule has 7 nitrogen and oxygen atoms in total. The monoisotopic (exact) mass is 495 g/mol. The van der Waals surface area contributed by atoms with Crippen molar-refractivity contribution in [3.63, 3.8) is 0 Å². The average molecular weight is 495 g/mol. The summed E-state index contributed by atoms with van der Waals surface area (Å²) in [5, 5.41) is 3.48. The van der Waals surface area contributed by atoms with E-state index < -0.39 is 0 Å². The molecule has 2 fully saturated rings. The Hall–Kier alpha value is -0.610. The van der Waals surface area contributed by atoms with Crippen LogP contribution in [0.2, 0.25) is 0 Å². The number of carbonyl (C=O) groups is 1. The fourth-order valence-electron chi connectivity index (χ4n) is 3.65. The highest BCUT2D eigenvalue weighted by molar-refractivity contribution is 14.0. The van der Waals surface area contributed by atoms with Gasteiger partial charge in [0.05, 0.1) is 0 Å². The number of guanidine groups is 1. The van der Waals surface area contributed by atoms with Gasteiger partial charge in [-0.25, -0.2) is 0 Å². The lowest BCUT2D eigenvalue weighted by molar-refractivity contribution is -0.142. The molecule has 2 saturated heterocycles. The predicted molar refractivity (Wildman–Crippen MR) is 121 cm³/mol. The number of rotatable bonds is 8. The van der Waals surface area contributed by atoms with Crippen LogP contribution in [0.4, 0.5) is 0 Å². The van der Waals surface area contributed by atoms with Gasteiger partial charge in [0.1, 0.15) is 6.10 Å². The van der Waals surface area contributed by atoms with Crippen LogP contribution >= 0.6 is 24.0 Å². The van der Waals surface area contributed by atoms with E-state index in [1.54, 1.807) is 0 Å². The maximum Gasteiger partial charge on any atom is 0.251 e. The first kappa shape index (κ1) is 24.4. The fraction of sp³-hybridized carbons (Fsp3) is 0.895. The normalized spacial score (nSPS) is 20.7. The first-order valence-corrected chi connectivity index (χ1v) is 10.3. The number of hydrogen-bond donors (Lipinski definition) is 1. The molecule has 0 saturated carbocycles. The molecule has 0 bridgehead atoms. The van der Waals surface area contributed by atoms with Crippen molar-refractivity contribution in [2.75, 3.05) is 66.0 Å². The standard InChI is InChI=1S/C19H37N5O2.HI/c1-4-22(5-2)11-7-6-10-21-19(20-3)24-14-12-23(13-15-24)18(25)17-9-8-16-26-17;/h17H,4-16H2,1-3H3,(H,20,21);1H. The third kappa shape index (κ3) is 7.73. The molecule has 0 radical (unpaired) electrons. The Kier molecular flexibility index (Phi) is 12.3. The number of ether oxygens (including phenoxy) is 1. The molecule has 158 valence electrons. The molecule has 2 aliphatic heterocycles. The summed E-state index contributed by atoms with van der Waals surface area (Å²) in [6, 6.07) is 0. The zero-order valence-corrected chi connectivity index (χ0v) is 19.6. The van der Waals surface area contributed by atoms with Gasteiger partial charge in [0, 0.05) is 46.4 Å². The van der Waals surface area contributed by atoms with Crippen molar-refractivity contribution in [1.82, 2.24) is 20.0 Å². The lowest BCUT2D eigenvalue weighted by Crippen LogP contribution is -2.55. The molecule has 0 aromatic rings. The molecule has 1 amide bonds. The maximum atomic E-state index is 12.4. The van der Waals surface area contributed by atoms with E-state index >= 15 is 0 Å². The van der Waals surface area contributed by atoms with Gasteiger partial charge in [-0.2, -0.15) is 0 Å². The van der Waals surface area contributed by atoms with Crippen molar-refractivity contribution in [1.29, 1.82) is 0 Å². The van der Waals surface area contributed by atoms with Crippen molar-refractivity contribution >= 4 is 35.8 Å². The second-order valence-electron chi connectivity index (χ2n) is 7.02. The van der Waals surface area contributed by atoms with Crippen molar-refractivity contribution in [3.8, 4) is 0 Å². The van der Waals surface area contributed by atoms with Gasteiger partial charge in [-0.3, -0.25) is 9.79 Å². The summed E-state index contributed by atoms with van der Waals surface area (Å²) in [5.74, 6) is 1.12. The molecule has 1 N–H and O–H groups in total. The minimum atomic E-state index is -0.204. The Bertz CT molecular complexity index is 445. The zero-order chi connectivity index (χ0) is 18.8. The van der Waals surface area contributed by atoms with E-state index in [4.69, 9.17) is 4.74 Å². The number of aliphatic imine (C=N–C) groups is 1. The number of amides is 1. The average Bonchev–Trinajstić information content (AvgIpc) is 3.22. The number of nitrogens with one attached hydrogen (secondary N) is 1. The van der Waals surface area contributed by atoms with E-state index in [2.05, 4.69) is 34.0 Å². The topological polar surface area (TPSA) is 60.4 Å². The van der Waals surface area contributed by atoms with Crippen molar-refractivity contribution in [2.24, 2.45) is 4.99 Å². The van der Waals surface area contributed by atoms with Crippen LogP contribution in [0.15, 0.2) is 4.99 Å². The zero-order valence-electron chi connectivity index (χ0n) is 17.3. The summed E-state index contributed by atoms with van der Waals surface area (Å²) in [4.78, 5) is 23.5. The number of carbonyl (C=O) groups excluding carboxylic acids is 1. The second-order valence-corrected chi connectivity index (χ2v) is 7.02. The molecule has 0 aromatic carbocycles. The van der Waals surface area contributed by atoms with Crippen molar-refractivity contribution in [3.05, 3.63) is 0 Å². The number of unbranched alkanes of at least 4 members (excludes halogenated alkanes) is 1. The second kappa shape index (κ2) is 13.5. The Labute approximate surface area is 181 Å². The number of nitrogens with zero attached hydrogens (tertiary/aromatic N) is 4. The fourth-order valence-corrected chi connectivity index (χ4v) is 3.65. The highest BCUT2D eigenvalue weighted by Gasteiger charge is 2.30. The lowest BCUT2D eigenvalue weighted by Gasteiger charge is -2.37. The molecular formula is C19H38IN5O2. The molecule has 0 spiro atoms. The van der Waals surface area contributed by atoms with Crippen LogP contribution < -0.4 is 5.32 Å². The first-order valence-electron chi connectivity index (χ1n) is 10.3. The molecule has 0 aliphatic carbocycles. The number of hydrogen-bond acceptors (Lipinski definition) is 4. The van der Waals surface area contributed by atoms with Gasteiger partial charge in [0.25, 0.3) is 5.91 Å². The molecule has 2 heterocycles. The molecule has 8 heteroatoms. The van der Waals surface area contributed by atoms with E-state index in [9.17, 15) is 4.79 Å². The highest BCUT2D eigenvalue weighted by Crippen LogP contribution is 2.16. The first-order chi connectivity index (χ1) is 12.7. The van der Waals surface area contributed by atoms with Gasteiger partial charge in [-0.1, -0.05) is 13.8 Å². The van der Waals surface area contributed by atoms with Gasteiger partial charge < -0.3 is 24.8 Å². The molecular weight excluding hydrogens is 457 g/mol. The van der Waals surface area contributed by atoms with Crippen LogP contribution in [0.1, 0.15) is 39.5 Å². The van der Waals surface area contributed by atoms with E-state index in [1.165, 1.54) is 6.42 Å². The van der Waals surface area contributed by atoms with Crippen LogP contribution in [0.25, 0.3) is 0 Å². The molecule has 1 unspecified atom stereocenters. The van der Waals surface area contributed by atoms with Gasteiger partial charge in [-0.05, 0) is 45.3 Å². The van der Waals surface area contributed by atoms with Crippen LogP contribution in [0, 0.1) is 0 Å². The van der Waals surface area contributed by atoms with Gasteiger partial charge in [0.15, 0.2) is 5.96 Å². The summed E-state index contributed by atoms with van der Waals surface area (Å²) in [5.41, 5.74) is 0. The third-order valence-corrected chi connectivity index (χ3v) is 5.39. The Morgan fingerprint density at radius 1 is 1.15 bits per heavy atom. The Morgan fingerprint density at radius 2 is 1.81 bits per heavy atom. The van der Waals surface area contributed by atoms with Crippen LogP contribution in [0.5, 0.6) is 0 Å². The maximum absolute atomic E-state index is 12.4. The molecule has 0 aromatic heterocycles. The molecule has 2 aliphatic rings. The van der Waals surface area contributed by atoms with Crippen molar-refractivity contribution < 1.29 is 9.53 Å². The predicted octanol–water partition coefficient (Wildman–Crippen LogP) is 1.63. The van der Waals surface area contributed by atoms with Gasteiger partial charge in [-0.15, -0.1) is 24.0 Å². The minimum Gasteiger partial charge on any atom is -0.368 e. The molecule has 1 atom stereocenters. The lowest BCUT2D eigenvalue weighted by atomic mass is 10.2. The minimum absolute atomic E-state index is 0. The van der Waals surface area contributed by atoms with E-state index in [1.807, 2.05) is 11.9 Å². The van der Waals surface area contributed by atoms with Crippen LogP contribution in [0.3, 0.4) is 0 Å². The van der Waals surface area contributed by atoms with Crippen LogP contribution in [-0.4, -0.2) is 98.7 Å². The molecule has 2 rings (SSSR count). The SMILES string of the molecule is CCN(CC)CCCCNC(=NC)N1CCN(C(=O)C2CCCO2)CC1.I. The van der Waals surface area contributed by atoms with Gasteiger partial charge >= 0.3 is 0 Å². The number of piperazine rings is 1. The van der Waals surface area contributed by atoms with Crippen molar-refractivity contribution in [2.45, 2.75) is 45.6 Å². The quantitative estimate of drug-likeness (QED) is 0.240. The molecule has 27 heavy (non-hydrogen) atoms. The largest absolute Gasteiger partial charge is 0.368 e. The Balaban J connectivity index is 0.00000364. The summed E-state index contributed by atoms with van der Waals surface area (Å²) >= 11 is 0. The van der Waals surface area contributed by atoms with Crippen LogP contribution in [-0.2, 0) is 9.53 Å². The number of halogens is 1. The van der Waals surface area contributed by atoms with E-state index in [-0.39, 0.29) is 36.0 Å². The summed E-state index contributed by atoms with van der Waals surface area (Å²) in [6.45, 7) is 12.7. The van der Waals surface area contributed by atoms with E-state index in [0.29, 0.717) is 0 Å². The van der Waals surface area contributed by atoms with E-state index in [0.717, 1.165) is 84.2 Å². The summed E-state index contributed by atoms with van der Waals surface area (Å²) < 4.78 is 5.53. The summed E-state index contributed by atoms with van der Waals surface area (Å²) in [6.07, 6.45) is 4.02. The smallest absolute Gasteiger partial charge is 0.251 e. The van der Waals surface area contributed by atoms with Gasteiger partial charge in [0.2, 0.25) is 0 Å². The summed E-state index contributed by atoms with van der Waals surface area (Å²) in [7, 11) is 1.84.